The molecule has 0 bridgehead atoms. The number of urea groups is 1. The van der Waals surface area contributed by atoms with Crippen molar-refractivity contribution < 1.29 is 9.53 Å². The van der Waals surface area contributed by atoms with Gasteiger partial charge in [-0.3, -0.25) is 0 Å². The van der Waals surface area contributed by atoms with E-state index in [2.05, 4.69) is 26.6 Å². The number of hydrogen-bond acceptors (Lipinski definition) is 2. The van der Waals surface area contributed by atoms with E-state index in [1.807, 2.05) is 24.3 Å². The Hall–Kier alpha value is -1.07. The fourth-order valence-corrected chi connectivity index (χ4v) is 1.57. The Morgan fingerprint density at radius 3 is 2.81 bits per heavy atom. The molecule has 0 fully saturated rings. The quantitative estimate of drug-likeness (QED) is 0.813. The number of methoxy groups -OCH3 is 1. The van der Waals surface area contributed by atoms with Crippen molar-refractivity contribution in [2.24, 2.45) is 0 Å². The minimum atomic E-state index is -0.187. The molecule has 1 aromatic rings. The molecule has 0 spiro atoms. The molecule has 0 saturated heterocycles. The second-order valence-corrected chi connectivity index (χ2v) is 4.05. The molecule has 1 rings (SSSR count). The first kappa shape index (κ1) is 13.0. The van der Waals surface area contributed by atoms with Gasteiger partial charge in [0.25, 0.3) is 0 Å². The van der Waals surface area contributed by atoms with Crippen LogP contribution in [0.1, 0.15) is 5.56 Å². The summed E-state index contributed by atoms with van der Waals surface area (Å²) in [5, 5.41) is 5.45. The topological polar surface area (TPSA) is 50.4 Å². The second kappa shape index (κ2) is 7.24. The molecule has 0 atom stereocenters. The van der Waals surface area contributed by atoms with Crippen LogP contribution < -0.4 is 10.6 Å². The van der Waals surface area contributed by atoms with Crippen LogP contribution in [-0.4, -0.2) is 26.3 Å². The number of benzene rings is 1. The van der Waals surface area contributed by atoms with E-state index < -0.39 is 0 Å². The van der Waals surface area contributed by atoms with Gasteiger partial charge in [0.05, 0.1) is 6.61 Å². The molecule has 5 heteroatoms. The lowest BCUT2D eigenvalue weighted by atomic mass is 10.2. The SMILES string of the molecule is COCCNC(=O)NCc1ccccc1Br. The summed E-state index contributed by atoms with van der Waals surface area (Å²) in [5.74, 6) is 0. The third kappa shape index (κ3) is 4.63. The summed E-state index contributed by atoms with van der Waals surface area (Å²) in [7, 11) is 1.60. The Labute approximate surface area is 103 Å². The highest BCUT2D eigenvalue weighted by Gasteiger charge is 2.01. The van der Waals surface area contributed by atoms with Crippen LogP contribution in [0.25, 0.3) is 0 Å². The Morgan fingerprint density at radius 1 is 1.38 bits per heavy atom. The first-order chi connectivity index (χ1) is 7.74. The minimum Gasteiger partial charge on any atom is -0.383 e. The van der Waals surface area contributed by atoms with Crippen molar-refractivity contribution in [3.8, 4) is 0 Å². The third-order valence-corrected chi connectivity index (χ3v) is 2.76. The van der Waals surface area contributed by atoms with Crippen LogP contribution in [0.2, 0.25) is 0 Å². The molecule has 0 radical (unpaired) electrons. The Kier molecular flexibility index (Phi) is 5.88. The van der Waals surface area contributed by atoms with Crippen molar-refractivity contribution in [2.45, 2.75) is 6.54 Å². The van der Waals surface area contributed by atoms with E-state index in [4.69, 9.17) is 4.74 Å². The fourth-order valence-electron chi connectivity index (χ4n) is 1.15. The molecular weight excluding hydrogens is 272 g/mol. The first-order valence-electron chi connectivity index (χ1n) is 4.98. The molecule has 2 amide bonds. The molecule has 4 nitrogen and oxygen atoms in total. The second-order valence-electron chi connectivity index (χ2n) is 3.19. The number of carbonyl (C=O) groups excluding carboxylic acids is 1. The highest BCUT2D eigenvalue weighted by atomic mass is 79.9. The molecule has 0 heterocycles. The summed E-state index contributed by atoms with van der Waals surface area (Å²) in [5.41, 5.74) is 1.05. The molecule has 0 aromatic heterocycles. The molecular formula is C11H15BrN2O2. The van der Waals surface area contributed by atoms with Gasteiger partial charge in [0.2, 0.25) is 0 Å². The monoisotopic (exact) mass is 286 g/mol. The van der Waals surface area contributed by atoms with Crippen molar-refractivity contribution >= 4 is 22.0 Å². The van der Waals surface area contributed by atoms with Gasteiger partial charge in [0.15, 0.2) is 0 Å². The molecule has 0 unspecified atom stereocenters. The predicted molar refractivity (Wildman–Crippen MR) is 66.3 cm³/mol. The molecule has 0 aliphatic heterocycles. The van der Waals surface area contributed by atoms with Crippen LogP contribution in [0.15, 0.2) is 28.7 Å². The maximum Gasteiger partial charge on any atom is 0.315 e. The lowest BCUT2D eigenvalue weighted by Gasteiger charge is -2.08. The number of ether oxygens (including phenoxy) is 1. The van der Waals surface area contributed by atoms with Gasteiger partial charge < -0.3 is 15.4 Å². The highest BCUT2D eigenvalue weighted by Crippen LogP contribution is 2.14. The number of amides is 2. The van der Waals surface area contributed by atoms with Crippen molar-refractivity contribution in [1.82, 2.24) is 10.6 Å². The molecule has 2 N–H and O–H groups in total. The van der Waals surface area contributed by atoms with E-state index in [0.717, 1.165) is 10.0 Å². The minimum absolute atomic E-state index is 0.187. The predicted octanol–water partition coefficient (Wildman–Crippen LogP) is 1.89. The summed E-state index contributed by atoms with van der Waals surface area (Å²) < 4.78 is 5.82. The summed E-state index contributed by atoms with van der Waals surface area (Å²) in [6.07, 6.45) is 0. The van der Waals surface area contributed by atoms with E-state index in [1.54, 1.807) is 7.11 Å². The van der Waals surface area contributed by atoms with Gasteiger partial charge in [-0.05, 0) is 11.6 Å². The molecule has 0 saturated carbocycles. The van der Waals surface area contributed by atoms with E-state index in [0.29, 0.717) is 19.7 Å². The Morgan fingerprint density at radius 2 is 2.12 bits per heavy atom. The van der Waals surface area contributed by atoms with Crippen LogP contribution >= 0.6 is 15.9 Å². The standard InChI is InChI=1S/C11H15BrN2O2/c1-16-7-6-13-11(15)14-8-9-4-2-3-5-10(9)12/h2-5H,6-8H2,1H3,(H2,13,14,15). The van der Waals surface area contributed by atoms with Gasteiger partial charge in [0, 0.05) is 24.7 Å². The van der Waals surface area contributed by atoms with Crippen LogP contribution in [0.5, 0.6) is 0 Å². The molecule has 0 aliphatic carbocycles. The fraction of sp³-hybridized carbons (Fsp3) is 0.364. The summed E-state index contributed by atoms with van der Waals surface area (Å²) in [6.45, 7) is 1.53. The van der Waals surface area contributed by atoms with Gasteiger partial charge in [-0.25, -0.2) is 4.79 Å². The number of carbonyl (C=O) groups is 1. The number of nitrogens with one attached hydrogen (secondary N) is 2. The van der Waals surface area contributed by atoms with Gasteiger partial charge in [-0.1, -0.05) is 34.1 Å². The number of halogens is 1. The van der Waals surface area contributed by atoms with E-state index in [9.17, 15) is 4.79 Å². The van der Waals surface area contributed by atoms with Crippen LogP contribution in [0, 0.1) is 0 Å². The zero-order valence-electron chi connectivity index (χ0n) is 9.13. The van der Waals surface area contributed by atoms with Gasteiger partial charge in [0.1, 0.15) is 0 Å². The Balaban J connectivity index is 2.29. The third-order valence-electron chi connectivity index (χ3n) is 1.99. The van der Waals surface area contributed by atoms with Crippen LogP contribution in [0.4, 0.5) is 4.79 Å². The number of rotatable bonds is 5. The summed E-state index contributed by atoms with van der Waals surface area (Å²) in [4.78, 5) is 11.3. The lowest BCUT2D eigenvalue weighted by Crippen LogP contribution is -2.36. The van der Waals surface area contributed by atoms with Crippen LogP contribution in [0.3, 0.4) is 0 Å². The normalized spacial score (nSPS) is 9.88. The smallest absolute Gasteiger partial charge is 0.315 e. The zero-order chi connectivity index (χ0) is 11.8. The molecule has 16 heavy (non-hydrogen) atoms. The van der Waals surface area contributed by atoms with Gasteiger partial charge in [-0.2, -0.15) is 0 Å². The lowest BCUT2D eigenvalue weighted by molar-refractivity contribution is 0.196. The maximum atomic E-state index is 11.3. The van der Waals surface area contributed by atoms with Gasteiger partial charge in [-0.15, -0.1) is 0 Å². The van der Waals surface area contributed by atoms with Crippen molar-refractivity contribution in [3.05, 3.63) is 34.3 Å². The van der Waals surface area contributed by atoms with Crippen molar-refractivity contribution in [1.29, 1.82) is 0 Å². The number of hydrogen-bond donors (Lipinski definition) is 2. The van der Waals surface area contributed by atoms with E-state index >= 15 is 0 Å². The average molecular weight is 287 g/mol. The molecule has 0 aliphatic rings. The van der Waals surface area contributed by atoms with Gasteiger partial charge >= 0.3 is 6.03 Å². The van der Waals surface area contributed by atoms with E-state index in [1.165, 1.54) is 0 Å². The largest absolute Gasteiger partial charge is 0.383 e. The molecule has 88 valence electrons. The molecule has 1 aromatic carbocycles. The summed E-state index contributed by atoms with van der Waals surface area (Å²) in [6, 6.07) is 7.59. The highest BCUT2D eigenvalue weighted by molar-refractivity contribution is 9.10. The zero-order valence-corrected chi connectivity index (χ0v) is 10.7. The first-order valence-corrected chi connectivity index (χ1v) is 5.77. The summed E-state index contributed by atoms with van der Waals surface area (Å²) >= 11 is 3.42. The Bertz CT molecular complexity index is 345. The van der Waals surface area contributed by atoms with Crippen molar-refractivity contribution in [2.75, 3.05) is 20.3 Å². The van der Waals surface area contributed by atoms with E-state index in [-0.39, 0.29) is 6.03 Å². The van der Waals surface area contributed by atoms with Crippen molar-refractivity contribution in [3.63, 3.8) is 0 Å². The van der Waals surface area contributed by atoms with Crippen LogP contribution in [-0.2, 0) is 11.3 Å². The average Bonchev–Trinajstić information content (AvgIpc) is 2.28. The maximum absolute atomic E-state index is 11.3.